The number of anilines is 1. The SMILES string of the molecule is CN(Cc1c(Oc2ccc([N+](=O)[O-])cc2F)ccnc1N(C(=O)OC(C)(C)C)C(=O)OC(C)(C)C)C(=O)OC(C)(C)C. The predicted octanol–water partition coefficient (Wildman–Crippen LogP) is 6.96. The molecule has 0 atom stereocenters. The van der Waals surface area contributed by atoms with Gasteiger partial charge in [0.15, 0.2) is 17.4 Å². The van der Waals surface area contributed by atoms with Gasteiger partial charge in [-0.2, -0.15) is 4.90 Å². The Balaban J connectivity index is 2.74. The molecule has 14 heteroatoms. The third-order valence-electron chi connectivity index (χ3n) is 4.80. The maximum absolute atomic E-state index is 14.8. The summed E-state index contributed by atoms with van der Waals surface area (Å²) in [5, 5.41) is 11.1. The highest BCUT2D eigenvalue weighted by Crippen LogP contribution is 2.35. The summed E-state index contributed by atoms with van der Waals surface area (Å²) in [7, 11) is 1.40. The van der Waals surface area contributed by atoms with E-state index in [2.05, 4.69) is 4.98 Å². The normalized spacial score (nSPS) is 11.8. The van der Waals surface area contributed by atoms with Crippen molar-refractivity contribution >= 4 is 29.8 Å². The molecule has 0 aliphatic heterocycles. The first-order valence-corrected chi connectivity index (χ1v) is 12.9. The zero-order valence-corrected chi connectivity index (χ0v) is 25.4. The summed E-state index contributed by atoms with van der Waals surface area (Å²) >= 11 is 0. The second-order valence-corrected chi connectivity index (χ2v) is 12.2. The molecule has 1 aromatic carbocycles. The molecule has 0 saturated carbocycles. The van der Waals surface area contributed by atoms with Crippen molar-refractivity contribution < 1.29 is 42.6 Å². The number of carbonyl (C=O) groups excluding carboxylic acids is 3. The van der Waals surface area contributed by atoms with Crippen LogP contribution in [0.3, 0.4) is 0 Å². The van der Waals surface area contributed by atoms with Crippen molar-refractivity contribution in [3.63, 3.8) is 0 Å². The highest BCUT2D eigenvalue weighted by Gasteiger charge is 2.36. The number of non-ortho nitro benzene ring substituents is 1. The van der Waals surface area contributed by atoms with Gasteiger partial charge >= 0.3 is 18.3 Å². The van der Waals surface area contributed by atoms with Crippen molar-refractivity contribution in [1.29, 1.82) is 0 Å². The number of aromatic nitrogens is 1. The van der Waals surface area contributed by atoms with Gasteiger partial charge in [-0.05, 0) is 74.4 Å². The van der Waals surface area contributed by atoms with Crippen molar-refractivity contribution in [2.24, 2.45) is 0 Å². The lowest BCUT2D eigenvalue weighted by atomic mass is 10.2. The minimum Gasteiger partial charge on any atom is -0.454 e. The second kappa shape index (κ2) is 12.6. The zero-order valence-electron chi connectivity index (χ0n) is 25.4. The van der Waals surface area contributed by atoms with Crippen LogP contribution in [0.4, 0.5) is 30.3 Å². The number of nitro groups is 1. The lowest BCUT2D eigenvalue weighted by Crippen LogP contribution is -2.45. The van der Waals surface area contributed by atoms with Crippen LogP contribution in [0, 0.1) is 15.9 Å². The van der Waals surface area contributed by atoms with E-state index in [0.29, 0.717) is 11.0 Å². The molecule has 0 saturated heterocycles. The Morgan fingerprint density at radius 3 is 1.81 bits per heavy atom. The van der Waals surface area contributed by atoms with E-state index in [4.69, 9.17) is 18.9 Å². The van der Waals surface area contributed by atoms with Gasteiger partial charge in [0.25, 0.3) is 5.69 Å². The molecule has 1 aromatic heterocycles. The van der Waals surface area contributed by atoms with Gasteiger partial charge in [0.2, 0.25) is 0 Å². The molecule has 230 valence electrons. The Morgan fingerprint density at radius 2 is 1.36 bits per heavy atom. The molecular weight excluding hydrogens is 555 g/mol. The fourth-order valence-electron chi connectivity index (χ4n) is 3.21. The van der Waals surface area contributed by atoms with Crippen LogP contribution < -0.4 is 9.64 Å². The maximum atomic E-state index is 14.8. The third-order valence-corrected chi connectivity index (χ3v) is 4.80. The van der Waals surface area contributed by atoms with Gasteiger partial charge in [0.1, 0.15) is 22.6 Å². The first kappa shape index (κ1) is 33.7. The summed E-state index contributed by atoms with van der Waals surface area (Å²) in [4.78, 5) is 55.7. The number of amides is 3. The molecule has 0 fully saturated rings. The number of nitrogens with zero attached hydrogens (tertiary/aromatic N) is 4. The van der Waals surface area contributed by atoms with Crippen LogP contribution in [-0.4, -0.2) is 56.9 Å². The van der Waals surface area contributed by atoms with Crippen LogP contribution in [0.25, 0.3) is 0 Å². The first-order valence-electron chi connectivity index (χ1n) is 12.9. The lowest BCUT2D eigenvalue weighted by Gasteiger charge is -2.30. The number of carbonyl (C=O) groups is 3. The second-order valence-electron chi connectivity index (χ2n) is 12.2. The standard InChI is InChI=1S/C28H37FN4O9/c1-26(2,3)40-23(34)31(10)16-18-20(39-21-12-11-17(33(37)38)15-19(21)29)13-14-30-22(18)32(24(35)41-27(4,5)6)25(36)42-28(7,8)9/h11-15H,16H2,1-10H3. The van der Waals surface area contributed by atoms with Crippen molar-refractivity contribution in [3.8, 4) is 11.5 Å². The molecule has 0 aliphatic carbocycles. The molecule has 0 N–H and O–H groups in total. The number of hydrogen-bond donors (Lipinski definition) is 0. The van der Waals surface area contributed by atoms with Gasteiger partial charge in [0.05, 0.1) is 23.1 Å². The minimum atomic E-state index is -1.14. The molecule has 2 aromatic rings. The number of pyridine rings is 1. The van der Waals surface area contributed by atoms with Gasteiger partial charge in [-0.1, -0.05) is 0 Å². The molecule has 0 unspecified atom stereocenters. The Labute approximate surface area is 243 Å². The Morgan fingerprint density at radius 1 is 0.857 bits per heavy atom. The highest BCUT2D eigenvalue weighted by atomic mass is 19.1. The molecular formula is C28H37FN4O9. The molecule has 2 rings (SSSR count). The summed E-state index contributed by atoms with van der Waals surface area (Å²) < 4.78 is 36.9. The van der Waals surface area contributed by atoms with Crippen LogP contribution >= 0.6 is 0 Å². The maximum Gasteiger partial charge on any atom is 0.425 e. The number of nitro benzene ring substituents is 1. The fraction of sp³-hybridized carbons (Fsp3) is 0.500. The van der Waals surface area contributed by atoms with Crippen molar-refractivity contribution in [3.05, 3.63) is 52.0 Å². The Kier molecular flexibility index (Phi) is 10.1. The van der Waals surface area contributed by atoms with E-state index in [-0.39, 0.29) is 23.7 Å². The summed E-state index contributed by atoms with van der Waals surface area (Å²) in [5.41, 5.74) is -3.42. The van der Waals surface area contributed by atoms with E-state index in [1.54, 1.807) is 62.3 Å². The topological polar surface area (TPSA) is 151 Å². The van der Waals surface area contributed by atoms with E-state index in [1.165, 1.54) is 19.3 Å². The molecule has 0 aliphatic rings. The molecule has 0 bridgehead atoms. The molecule has 13 nitrogen and oxygen atoms in total. The van der Waals surface area contributed by atoms with Gasteiger partial charge in [-0.15, -0.1) is 0 Å². The van der Waals surface area contributed by atoms with Crippen LogP contribution in [0.5, 0.6) is 11.5 Å². The fourth-order valence-corrected chi connectivity index (χ4v) is 3.21. The summed E-state index contributed by atoms with van der Waals surface area (Å²) in [6, 6.07) is 4.08. The monoisotopic (exact) mass is 592 g/mol. The minimum absolute atomic E-state index is 0.0275. The van der Waals surface area contributed by atoms with E-state index in [0.717, 1.165) is 17.0 Å². The summed E-state index contributed by atoms with van der Waals surface area (Å²) in [5.74, 6) is -1.90. The smallest absolute Gasteiger partial charge is 0.425 e. The number of imide groups is 1. The van der Waals surface area contributed by atoms with E-state index >= 15 is 0 Å². The highest BCUT2D eigenvalue weighted by molar-refractivity contribution is 6.09. The van der Waals surface area contributed by atoms with E-state index in [1.807, 2.05) is 0 Å². The van der Waals surface area contributed by atoms with E-state index in [9.17, 15) is 28.9 Å². The van der Waals surface area contributed by atoms with Crippen LogP contribution in [-0.2, 0) is 20.8 Å². The molecule has 0 radical (unpaired) electrons. The van der Waals surface area contributed by atoms with Crippen LogP contribution in [0.15, 0.2) is 30.5 Å². The van der Waals surface area contributed by atoms with Crippen molar-refractivity contribution in [2.75, 3.05) is 11.9 Å². The molecule has 3 amide bonds. The van der Waals surface area contributed by atoms with Gasteiger partial charge < -0.3 is 23.8 Å². The lowest BCUT2D eigenvalue weighted by molar-refractivity contribution is -0.385. The average Bonchev–Trinajstić information content (AvgIpc) is 2.78. The van der Waals surface area contributed by atoms with Crippen LogP contribution in [0.2, 0.25) is 0 Å². The number of ether oxygens (including phenoxy) is 4. The van der Waals surface area contributed by atoms with Crippen LogP contribution in [0.1, 0.15) is 67.9 Å². The first-order chi connectivity index (χ1) is 19.1. The summed E-state index contributed by atoms with van der Waals surface area (Å²) in [6.45, 7) is 14.3. The predicted molar refractivity (Wildman–Crippen MR) is 150 cm³/mol. The molecule has 1 heterocycles. The van der Waals surface area contributed by atoms with Gasteiger partial charge in [-0.25, -0.2) is 23.8 Å². The number of benzene rings is 1. The number of hydrogen-bond acceptors (Lipinski definition) is 10. The zero-order chi connectivity index (χ0) is 32.2. The summed E-state index contributed by atoms with van der Waals surface area (Å²) in [6.07, 6.45) is -1.84. The average molecular weight is 593 g/mol. The third kappa shape index (κ3) is 9.85. The van der Waals surface area contributed by atoms with Gasteiger partial charge in [0, 0.05) is 19.3 Å². The van der Waals surface area contributed by atoms with Gasteiger partial charge in [-0.3, -0.25) is 10.1 Å². The van der Waals surface area contributed by atoms with Crippen molar-refractivity contribution in [2.45, 2.75) is 85.7 Å². The number of rotatable bonds is 6. The van der Waals surface area contributed by atoms with Crippen molar-refractivity contribution in [1.82, 2.24) is 9.88 Å². The Bertz CT molecular complexity index is 1320. The number of halogens is 1. The largest absolute Gasteiger partial charge is 0.454 e. The van der Waals surface area contributed by atoms with E-state index < -0.39 is 57.3 Å². The Hall–Kier alpha value is -4.49. The molecule has 42 heavy (non-hydrogen) atoms. The molecule has 0 spiro atoms. The quantitative estimate of drug-likeness (QED) is 0.195.